The Kier molecular flexibility index (Phi) is 4.10. The summed E-state index contributed by atoms with van der Waals surface area (Å²) >= 11 is 0. The molecule has 134 valence electrons. The van der Waals surface area contributed by atoms with E-state index in [-0.39, 0.29) is 31.4 Å². The predicted octanol–water partition coefficient (Wildman–Crippen LogP) is 1.12. The van der Waals surface area contributed by atoms with Gasteiger partial charge in [-0.2, -0.15) is 4.31 Å². The summed E-state index contributed by atoms with van der Waals surface area (Å²) in [6.45, 7) is 2.60. The molecular weight excluding hydrogens is 350 g/mol. The predicted molar refractivity (Wildman–Crippen MR) is 83.7 cm³/mol. The Morgan fingerprint density at radius 2 is 2.08 bits per heavy atom. The van der Waals surface area contributed by atoms with E-state index < -0.39 is 16.1 Å². The van der Waals surface area contributed by atoms with E-state index in [1.165, 1.54) is 16.4 Å². The fourth-order valence-corrected chi connectivity index (χ4v) is 4.16. The van der Waals surface area contributed by atoms with Crippen molar-refractivity contribution in [1.29, 1.82) is 0 Å². The van der Waals surface area contributed by atoms with Crippen LogP contribution in [-0.2, 0) is 21.2 Å². The quantitative estimate of drug-likeness (QED) is 0.792. The van der Waals surface area contributed by atoms with E-state index in [2.05, 4.69) is 10.2 Å². The normalized spacial score (nSPS) is 20.8. The number of aryl methyl sites for hydroxylation is 1. The number of hydrogen-bond donors (Lipinski definition) is 0. The van der Waals surface area contributed by atoms with Gasteiger partial charge in [0.2, 0.25) is 28.6 Å². The van der Waals surface area contributed by atoms with Gasteiger partial charge < -0.3 is 18.6 Å². The van der Waals surface area contributed by atoms with Crippen molar-refractivity contribution in [2.75, 3.05) is 26.5 Å². The molecule has 25 heavy (non-hydrogen) atoms. The van der Waals surface area contributed by atoms with Crippen molar-refractivity contribution in [2.45, 2.75) is 24.3 Å². The van der Waals surface area contributed by atoms with Crippen LogP contribution >= 0.6 is 0 Å². The zero-order valence-electron chi connectivity index (χ0n) is 13.5. The average molecular weight is 367 g/mol. The molecule has 1 fully saturated rings. The molecule has 0 amide bonds. The number of hydrogen-bond acceptors (Lipinski definition) is 8. The van der Waals surface area contributed by atoms with Crippen molar-refractivity contribution < 1.29 is 27.0 Å². The summed E-state index contributed by atoms with van der Waals surface area (Å²) < 4.78 is 48.8. The molecule has 3 heterocycles. The van der Waals surface area contributed by atoms with Crippen LogP contribution in [0.4, 0.5) is 0 Å². The van der Waals surface area contributed by atoms with Gasteiger partial charge in [0, 0.05) is 25.6 Å². The maximum absolute atomic E-state index is 12.9. The first-order valence-corrected chi connectivity index (χ1v) is 9.35. The fourth-order valence-electron chi connectivity index (χ4n) is 2.72. The van der Waals surface area contributed by atoms with Crippen molar-refractivity contribution >= 4 is 10.0 Å². The molecule has 0 unspecified atom stereocenters. The lowest BCUT2D eigenvalue weighted by Gasteiger charge is -2.30. The van der Waals surface area contributed by atoms with Gasteiger partial charge in [-0.1, -0.05) is 6.92 Å². The number of nitrogens with zero attached hydrogens (tertiary/aromatic N) is 3. The third-order valence-electron chi connectivity index (χ3n) is 4.07. The van der Waals surface area contributed by atoms with Crippen LogP contribution in [0.1, 0.15) is 24.8 Å². The van der Waals surface area contributed by atoms with Gasteiger partial charge in [-0.3, -0.25) is 0 Å². The number of aromatic nitrogens is 2. The van der Waals surface area contributed by atoms with Crippen LogP contribution in [0.2, 0.25) is 0 Å². The lowest BCUT2D eigenvalue weighted by atomic mass is 10.3. The van der Waals surface area contributed by atoms with E-state index in [1.54, 1.807) is 6.07 Å². The molecule has 0 saturated carbocycles. The molecule has 2 aromatic rings. The Hall–Kier alpha value is -2.17. The summed E-state index contributed by atoms with van der Waals surface area (Å²) in [5, 5.41) is 7.85. The Balaban J connectivity index is 1.57. The molecule has 2 aliphatic rings. The number of morpholine rings is 1. The number of fused-ring (bicyclic) bond motifs is 1. The molecule has 9 nitrogen and oxygen atoms in total. The second-order valence-electron chi connectivity index (χ2n) is 5.63. The zero-order valence-corrected chi connectivity index (χ0v) is 14.4. The summed E-state index contributed by atoms with van der Waals surface area (Å²) in [4.78, 5) is 0.150. The van der Waals surface area contributed by atoms with Crippen LogP contribution in [0.5, 0.6) is 11.5 Å². The molecule has 0 bridgehead atoms. The third-order valence-corrected chi connectivity index (χ3v) is 5.93. The molecule has 1 aromatic carbocycles. The molecule has 1 atom stereocenters. The first-order chi connectivity index (χ1) is 12.1. The summed E-state index contributed by atoms with van der Waals surface area (Å²) in [5.74, 6) is 1.75. The minimum absolute atomic E-state index is 0.0926. The Bertz CT molecular complexity index is 881. The largest absolute Gasteiger partial charge is 0.454 e. The van der Waals surface area contributed by atoms with Gasteiger partial charge in [0.25, 0.3) is 0 Å². The van der Waals surface area contributed by atoms with Crippen LogP contribution in [0.3, 0.4) is 0 Å². The fraction of sp³-hybridized carbons (Fsp3) is 0.467. The minimum atomic E-state index is -3.70. The highest BCUT2D eigenvalue weighted by Gasteiger charge is 2.34. The Labute approximate surface area is 144 Å². The highest BCUT2D eigenvalue weighted by atomic mass is 32.2. The van der Waals surface area contributed by atoms with E-state index in [0.717, 1.165) is 0 Å². The van der Waals surface area contributed by atoms with E-state index in [9.17, 15) is 8.42 Å². The second-order valence-corrected chi connectivity index (χ2v) is 7.56. The highest BCUT2D eigenvalue weighted by Crippen LogP contribution is 2.35. The standard InChI is InChI=1S/C15H17N3O6S/c1-2-14-16-17-15(24-14)13-8-18(5-6-21-13)25(19,20)10-3-4-11-12(7-10)23-9-22-11/h3-4,7,13H,2,5-6,8-9H2,1H3/t13-/m1/s1. The summed E-state index contributed by atoms with van der Waals surface area (Å²) in [5.41, 5.74) is 0. The average Bonchev–Trinajstić information content (AvgIpc) is 3.30. The molecule has 1 aromatic heterocycles. The van der Waals surface area contributed by atoms with E-state index in [4.69, 9.17) is 18.6 Å². The van der Waals surface area contributed by atoms with Crippen LogP contribution in [0.15, 0.2) is 27.5 Å². The van der Waals surface area contributed by atoms with E-state index >= 15 is 0 Å². The first-order valence-electron chi connectivity index (χ1n) is 7.91. The van der Waals surface area contributed by atoms with Gasteiger partial charge in [0.15, 0.2) is 11.5 Å². The number of ether oxygens (including phenoxy) is 3. The summed E-state index contributed by atoms with van der Waals surface area (Å²) in [7, 11) is -3.70. The molecule has 4 rings (SSSR count). The molecule has 1 saturated heterocycles. The van der Waals surface area contributed by atoms with Crippen LogP contribution < -0.4 is 9.47 Å². The van der Waals surface area contributed by atoms with Gasteiger partial charge in [0.05, 0.1) is 11.5 Å². The lowest BCUT2D eigenvalue weighted by Crippen LogP contribution is -2.42. The second kappa shape index (κ2) is 6.28. The van der Waals surface area contributed by atoms with E-state index in [0.29, 0.717) is 29.7 Å². The monoisotopic (exact) mass is 367 g/mol. The van der Waals surface area contributed by atoms with Crippen LogP contribution in [0.25, 0.3) is 0 Å². The maximum atomic E-state index is 12.9. The van der Waals surface area contributed by atoms with Crippen molar-refractivity contribution in [2.24, 2.45) is 0 Å². The van der Waals surface area contributed by atoms with E-state index in [1.807, 2.05) is 6.92 Å². The molecule has 0 radical (unpaired) electrons. The summed E-state index contributed by atoms with van der Waals surface area (Å²) in [6.07, 6.45) is 0.0317. The first kappa shape index (κ1) is 16.3. The molecule has 0 spiro atoms. The highest BCUT2D eigenvalue weighted by molar-refractivity contribution is 7.89. The summed E-state index contributed by atoms with van der Waals surface area (Å²) in [6, 6.07) is 4.58. The SMILES string of the molecule is CCc1nnc([C@H]2CN(S(=O)(=O)c3ccc4c(c3)OCO4)CCO2)o1. The van der Waals surface area contributed by atoms with Crippen LogP contribution in [-0.4, -0.2) is 49.4 Å². The molecule has 0 N–H and O–H groups in total. The van der Waals surface area contributed by atoms with Gasteiger partial charge in [0.1, 0.15) is 6.10 Å². The Morgan fingerprint density at radius 3 is 2.88 bits per heavy atom. The smallest absolute Gasteiger partial charge is 0.246 e. The topological polar surface area (TPSA) is 104 Å². The van der Waals surface area contributed by atoms with Gasteiger partial charge in [-0.05, 0) is 12.1 Å². The molecule has 10 heteroatoms. The van der Waals surface area contributed by atoms with Crippen LogP contribution in [0, 0.1) is 0 Å². The lowest BCUT2D eigenvalue weighted by molar-refractivity contribution is -0.0177. The van der Waals surface area contributed by atoms with Gasteiger partial charge in [-0.15, -0.1) is 10.2 Å². The van der Waals surface area contributed by atoms with Gasteiger partial charge in [-0.25, -0.2) is 8.42 Å². The zero-order chi connectivity index (χ0) is 17.4. The van der Waals surface area contributed by atoms with Crippen molar-refractivity contribution in [3.8, 4) is 11.5 Å². The number of rotatable bonds is 4. The molecular formula is C15H17N3O6S. The van der Waals surface area contributed by atoms with Gasteiger partial charge >= 0.3 is 0 Å². The van der Waals surface area contributed by atoms with Crippen molar-refractivity contribution in [1.82, 2.24) is 14.5 Å². The van der Waals surface area contributed by atoms with Crippen molar-refractivity contribution in [3.05, 3.63) is 30.0 Å². The molecule has 2 aliphatic heterocycles. The third kappa shape index (κ3) is 2.96. The number of benzene rings is 1. The van der Waals surface area contributed by atoms with Crippen molar-refractivity contribution in [3.63, 3.8) is 0 Å². The Morgan fingerprint density at radius 1 is 1.24 bits per heavy atom. The minimum Gasteiger partial charge on any atom is -0.454 e. The molecule has 0 aliphatic carbocycles. The number of sulfonamides is 1. The maximum Gasteiger partial charge on any atom is 0.246 e.